The molecule has 0 radical (unpaired) electrons. The van der Waals surface area contributed by atoms with Gasteiger partial charge in [-0.2, -0.15) is 0 Å². The maximum absolute atomic E-state index is 13.0. The van der Waals surface area contributed by atoms with Crippen molar-refractivity contribution in [3.63, 3.8) is 0 Å². The number of hydrogen-bond donors (Lipinski definition) is 2. The van der Waals surface area contributed by atoms with E-state index in [0.717, 1.165) is 38.4 Å². The summed E-state index contributed by atoms with van der Waals surface area (Å²) in [7, 11) is 0. The van der Waals surface area contributed by atoms with Crippen LogP contribution >= 0.6 is 11.6 Å². The monoisotopic (exact) mass is 457 g/mol. The summed E-state index contributed by atoms with van der Waals surface area (Å²) in [6.07, 6.45) is 0.556. The summed E-state index contributed by atoms with van der Waals surface area (Å²) >= 11 is 5.91. The molecule has 1 atom stereocenters. The Morgan fingerprint density at radius 3 is 2.34 bits per heavy atom. The van der Waals surface area contributed by atoms with Gasteiger partial charge in [0.15, 0.2) is 0 Å². The Morgan fingerprint density at radius 2 is 1.69 bits per heavy atom. The number of hydrogen-bond acceptors (Lipinski definition) is 4. The molecule has 1 heterocycles. The van der Waals surface area contributed by atoms with E-state index in [1.54, 1.807) is 24.3 Å². The first-order chi connectivity index (χ1) is 15.4. The lowest BCUT2D eigenvalue weighted by molar-refractivity contribution is -0.123. The van der Waals surface area contributed by atoms with Crippen molar-refractivity contribution < 1.29 is 14.3 Å². The molecule has 1 unspecified atom stereocenters. The van der Waals surface area contributed by atoms with Crippen molar-refractivity contribution >= 4 is 23.4 Å². The summed E-state index contributed by atoms with van der Waals surface area (Å²) in [6.45, 7) is 8.65. The van der Waals surface area contributed by atoms with Gasteiger partial charge >= 0.3 is 0 Å². The van der Waals surface area contributed by atoms with E-state index >= 15 is 0 Å². The van der Waals surface area contributed by atoms with Gasteiger partial charge in [-0.1, -0.05) is 49.7 Å². The number of ether oxygens (including phenoxy) is 1. The van der Waals surface area contributed by atoms with Gasteiger partial charge < -0.3 is 15.4 Å². The van der Waals surface area contributed by atoms with Crippen LogP contribution in [0.5, 0.6) is 0 Å². The Kier molecular flexibility index (Phi) is 9.09. The third-order valence-corrected chi connectivity index (χ3v) is 5.76. The molecule has 0 spiro atoms. The van der Waals surface area contributed by atoms with Crippen LogP contribution < -0.4 is 10.6 Å². The van der Waals surface area contributed by atoms with Crippen molar-refractivity contribution in [3.05, 3.63) is 70.2 Å². The highest BCUT2D eigenvalue weighted by Gasteiger charge is 2.23. The van der Waals surface area contributed by atoms with Crippen LogP contribution in [0, 0.1) is 5.92 Å². The highest BCUT2D eigenvalue weighted by atomic mass is 35.5. The van der Waals surface area contributed by atoms with Crippen LogP contribution in [-0.4, -0.2) is 49.1 Å². The zero-order chi connectivity index (χ0) is 22.9. The molecule has 2 N–H and O–H groups in total. The van der Waals surface area contributed by atoms with E-state index in [9.17, 15) is 9.59 Å². The molecule has 2 aromatic rings. The lowest BCUT2D eigenvalue weighted by atomic mass is 10.0. The summed E-state index contributed by atoms with van der Waals surface area (Å²) in [5, 5.41) is 6.48. The Morgan fingerprint density at radius 1 is 1.03 bits per heavy atom. The predicted octanol–water partition coefficient (Wildman–Crippen LogP) is 3.63. The number of benzene rings is 2. The molecule has 32 heavy (non-hydrogen) atoms. The highest BCUT2D eigenvalue weighted by Crippen LogP contribution is 2.14. The maximum atomic E-state index is 13.0. The molecular formula is C25H32ClN3O3. The lowest BCUT2D eigenvalue weighted by Crippen LogP contribution is -2.47. The third-order valence-electron chi connectivity index (χ3n) is 5.50. The Labute approximate surface area is 195 Å². The fourth-order valence-corrected chi connectivity index (χ4v) is 3.86. The van der Waals surface area contributed by atoms with Crippen molar-refractivity contribution in [2.75, 3.05) is 26.3 Å². The maximum Gasteiger partial charge on any atom is 0.251 e. The van der Waals surface area contributed by atoms with Crippen LogP contribution in [0.1, 0.15) is 41.8 Å². The van der Waals surface area contributed by atoms with Crippen LogP contribution in [-0.2, 0) is 22.6 Å². The fourth-order valence-electron chi connectivity index (χ4n) is 3.74. The zero-order valence-electron chi connectivity index (χ0n) is 18.8. The smallest absolute Gasteiger partial charge is 0.251 e. The zero-order valence-corrected chi connectivity index (χ0v) is 19.5. The van der Waals surface area contributed by atoms with E-state index in [1.165, 1.54) is 5.56 Å². The van der Waals surface area contributed by atoms with Gasteiger partial charge in [0.2, 0.25) is 5.91 Å². The molecule has 172 valence electrons. The van der Waals surface area contributed by atoms with Crippen LogP contribution in [0.25, 0.3) is 0 Å². The second kappa shape index (κ2) is 12.0. The van der Waals surface area contributed by atoms with Crippen LogP contribution in [0.4, 0.5) is 0 Å². The number of morpholine rings is 1. The first-order valence-corrected chi connectivity index (χ1v) is 11.5. The average molecular weight is 458 g/mol. The minimum absolute atomic E-state index is 0.179. The van der Waals surface area contributed by atoms with E-state index < -0.39 is 6.04 Å². The Hall–Kier alpha value is -2.41. The van der Waals surface area contributed by atoms with E-state index in [-0.39, 0.29) is 17.7 Å². The van der Waals surface area contributed by atoms with Crippen molar-refractivity contribution in [3.8, 4) is 0 Å². The molecule has 0 saturated carbocycles. The van der Waals surface area contributed by atoms with Crippen molar-refractivity contribution in [2.45, 2.75) is 39.4 Å². The Bertz CT molecular complexity index is 896. The largest absolute Gasteiger partial charge is 0.379 e. The van der Waals surface area contributed by atoms with E-state index in [2.05, 4.69) is 21.6 Å². The molecule has 1 aliphatic heterocycles. The summed E-state index contributed by atoms with van der Waals surface area (Å²) < 4.78 is 5.43. The molecule has 0 aliphatic carbocycles. The van der Waals surface area contributed by atoms with Gasteiger partial charge in [0.25, 0.3) is 5.91 Å². The SMILES string of the molecule is CC(C)CC(NC(=O)c1ccc(Cl)cc1)C(=O)NCc1ccccc1CN1CCOCC1. The predicted molar refractivity (Wildman–Crippen MR) is 127 cm³/mol. The van der Waals surface area contributed by atoms with Gasteiger partial charge in [-0.15, -0.1) is 0 Å². The number of halogens is 1. The van der Waals surface area contributed by atoms with Crippen molar-refractivity contribution in [1.82, 2.24) is 15.5 Å². The van der Waals surface area contributed by atoms with Gasteiger partial charge in [0, 0.05) is 36.8 Å². The van der Waals surface area contributed by atoms with Gasteiger partial charge in [-0.25, -0.2) is 0 Å². The highest BCUT2D eigenvalue weighted by molar-refractivity contribution is 6.30. The lowest BCUT2D eigenvalue weighted by Gasteiger charge is -2.27. The second-order valence-electron chi connectivity index (χ2n) is 8.54. The summed E-state index contributed by atoms with van der Waals surface area (Å²) in [4.78, 5) is 28.0. The number of carbonyl (C=O) groups is 2. The average Bonchev–Trinajstić information content (AvgIpc) is 2.78. The number of amides is 2. The summed E-state index contributed by atoms with van der Waals surface area (Å²) in [5.74, 6) is -0.206. The standard InChI is InChI=1S/C25H32ClN3O3/c1-18(2)15-23(28-24(30)19-7-9-22(26)10-8-19)25(31)27-16-20-5-3-4-6-21(20)17-29-11-13-32-14-12-29/h3-10,18,23H,11-17H2,1-2H3,(H,27,31)(H,28,30). The molecule has 3 rings (SSSR count). The summed E-state index contributed by atoms with van der Waals surface area (Å²) in [6, 6.07) is 14.2. The number of nitrogens with one attached hydrogen (secondary N) is 2. The Balaban J connectivity index is 1.62. The molecule has 1 saturated heterocycles. The minimum atomic E-state index is -0.607. The van der Waals surface area contributed by atoms with Gasteiger partial charge in [-0.05, 0) is 47.7 Å². The third kappa shape index (κ3) is 7.33. The quantitative estimate of drug-likeness (QED) is 0.603. The number of carbonyl (C=O) groups excluding carboxylic acids is 2. The molecular weight excluding hydrogens is 426 g/mol. The van der Waals surface area contributed by atoms with Gasteiger partial charge in [0.1, 0.15) is 6.04 Å². The van der Waals surface area contributed by atoms with Gasteiger partial charge in [-0.3, -0.25) is 14.5 Å². The normalized spacial score (nSPS) is 15.4. The number of nitrogens with zero attached hydrogens (tertiary/aromatic N) is 1. The topological polar surface area (TPSA) is 70.7 Å². The minimum Gasteiger partial charge on any atom is -0.379 e. The molecule has 1 fully saturated rings. The van der Waals surface area contributed by atoms with Gasteiger partial charge in [0.05, 0.1) is 13.2 Å². The number of rotatable bonds is 9. The first kappa shape index (κ1) is 24.2. The van der Waals surface area contributed by atoms with E-state index in [4.69, 9.17) is 16.3 Å². The fraction of sp³-hybridized carbons (Fsp3) is 0.440. The molecule has 0 aromatic heterocycles. The van der Waals surface area contributed by atoms with Crippen LogP contribution in [0.15, 0.2) is 48.5 Å². The molecule has 2 aromatic carbocycles. The van der Waals surface area contributed by atoms with Crippen molar-refractivity contribution in [1.29, 1.82) is 0 Å². The second-order valence-corrected chi connectivity index (χ2v) is 8.97. The molecule has 2 amide bonds. The van der Waals surface area contributed by atoms with E-state index in [0.29, 0.717) is 23.6 Å². The molecule has 6 nitrogen and oxygen atoms in total. The van der Waals surface area contributed by atoms with Crippen LogP contribution in [0.2, 0.25) is 5.02 Å². The molecule has 1 aliphatic rings. The molecule has 0 bridgehead atoms. The van der Waals surface area contributed by atoms with Crippen LogP contribution in [0.3, 0.4) is 0 Å². The first-order valence-electron chi connectivity index (χ1n) is 11.1. The van der Waals surface area contributed by atoms with Crippen molar-refractivity contribution in [2.24, 2.45) is 5.92 Å². The van der Waals surface area contributed by atoms with E-state index in [1.807, 2.05) is 32.0 Å². The molecule has 7 heteroatoms. The summed E-state index contributed by atoms with van der Waals surface area (Å²) in [5.41, 5.74) is 2.76.